The monoisotopic (exact) mass is 284 g/mol. The normalized spacial score (nSPS) is 10.0. The quantitative estimate of drug-likeness (QED) is 0.723. The maximum atomic E-state index is 11.4. The summed E-state index contributed by atoms with van der Waals surface area (Å²) < 4.78 is 9.74. The molecule has 104 valence electrons. The van der Waals surface area contributed by atoms with Crippen molar-refractivity contribution in [3.63, 3.8) is 0 Å². The third kappa shape index (κ3) is 6.25. The summed E-state index contributed by atoms with van der Waals surface area (Å²) in [6.07, 6.45) is 0.658. The van der Waals surface area contributed by atoms with E-state index < -0.39 is 5.97 Å². The largest absolute Gasteiger partial charge is 0.466 e. The molecule has 1 aromatic rings. The SMILES string of the molecule is CCOC(=O)CCC(=O)OCCc1ccccc1Cl. The minimum absolute atomic E-state index is 0.0430. The van der Waals surface area contributed by atoms with E-state index in [0.717, 1.165) is 5.56 Å². The highest BCUT2D eigenvalue weighted by atomic mass is 35.5. The van der Waals surface area contributed by atoms with Crippen LogP contribution < -0.4 is 0 Å². The van der Waals surface area contributed by atoms with Gasteiger partial charge in [0.1, 0.15) is 0 Å². The smallest absolute Gasteiger partial charge is 0.306 e. The minimum Gasteiger partial charge on any atom is -0.466 e. The van der Waals surface area contributed by atoms with Gasteiger partial charge in [-0.25, -0.2) is 0 Å². The zero-order valence-corrected chi connectivity index (χ0v) is 11.6. The van der Waals surface area contributed by atoms with E-state index >= 15 is 0 Å². The predicted molar refractivity (Wildman–Crippen MR) is 72.0 cm³/mol. The van der Waals surface area contributed by atoms with Crippen molar-refractivity contribution in [1.29, 1.82) is 0 Å². The number of carbonyl (C=O) groups is 2. The molecular weight excluding hydrogens is 268 g/mol. The molecule has 0 spiro atoms. The van der Waals surface area contributed by atoms with E-state index in [1.165, 1.54) is 0 Å². The second-order valence-electron chi connectivity index (χ2n) is 3.87. The predicted octanol–water partition coefficient (Wildman–Crippen LogP) is 2.77. The Bertz CT molecular complexity index is 431. The lowest BCUT2D eigenvalue weighted by Gasteiger charge is -2.06. The van der Waals surface area contributed by atoms with Crippen molar-refractivity contribution >= 4 is 23.5 Å². The van der Waals surface area contributed by atoms with E-state index in [2.05, 4.69) is 0 Å². The van der Waals surface area contributed by atoms with Crippen molar-refractivity contribution in [2.75, 3.05) is 13.2 Å². The Morgan fingerprint density at radius 2 is 1.74 bits per heavy atom. The molecule has 0 amide bonds. The summed E-state index contributed by atoms with van der Waals surface area (Å²) in [7, 11) is 0. The number of halogens is 1. The van der Waals surface area contributed by atoms with Gasteiger partial charge in [0.15, 0.2) is 0 Å². The van der Waals surface area contributed by atoms with Crippen LogP contribution in [-0.4, -0.2) is 25.2 Å². The number of rotatable bonds is 7. The Labute approximate surface area is 117 Å². The third-order valence-electron chi connectivity index (χ3n) is 2.43. The second kappa shape index (κ2) is 8.53. The molecular formula is C14H17ClO4. The van der Waals surface area contributed by atoms with Crippen LogP contribution in [0.3, 0.4) is 0 Å². The van der Waals surface area contributed by atoms with Gasteiger partial charge in [-0.15, -0.1) is 0 Å². The molecule has 0 N–H and O–H groups in total. The van der Waals surface area contributed by atoms with Crippen molar-refractivity contribution < 1.29 is 19.1 Å². The van der Waals surface area contributed by atoms with Gasteiger partial charge in [0, 0.05) is 11.4 Å². The Hall–Kier alpha value is -1.55. The summed E-state index contributed by atoms with van der Waals surface area (Å²) in [5.41, 5.74) is 0.933. The zero-order chi connectivity index (χ0) is 14.1. The van der Waals surface area contributed by atoms with Crippen molar-refractivity contribution in [2.24, 2.45) is 0 Å². The fraction of sp³-hybridized carbons (Fsp3) is 0.429. The van der Waals surface area contributed by atoms with Crippen molar-refractivity contribution in [2.45, 2.75) is 26.2 Å². The van der Waals surface area contributed by atoms with Crippen LogP contribution >= 0.6 is 11.6 Å². The summed E-state index contributed by atoms with van der Waals surface area (Å²) in [5, 5.41) is 0.657. The van der Waals surface area contributed by atoms with Gasteiger partial charge < -0.3 is 9.47 Å². The maximum absolute atomic E-state index is 11.4. The molecule has 0 aliphatic heterocycles. The van der Waals surface area contributed by atoms with Crippen LogP contribution in [0.25, 0.3) is 0 Å². The first-order chi connectivity index (χ1) is 9.13. The molecule has 0 fully saturated rings. The van der Waals surface area contributed by atoms with Crippen molar-refractivity contribution in [1.82, 2.24) is 0 Å². The standard InChI is InChI=1S/C14H17ClO4/c1-2-18-13(16)7-8-14(17)19-10-9-11-5-3-4-6-12(11)15/h3-6H,2,7-10H2,1H3. The van der Waals surface area contributed by atoms with Crippen molar-refractivity contribution in [3.05, 3.63) is 34.9 Å². The molecule has 0 saturated heterocycles. The Morgan fingerprint density at radius 1 is 1.11 bits per heavy atom. The molecule has 0 unspecified atom stereocenters. The molecule has 0 radical (unpaired) electrons. The molecule has 0 atom stereocenters. The summed E-state index contributed by atoms with van der Waals surface area (Å²) in [4.78, 5) is 22.4. The van der Waals surface area contributed by atoms with Gasteiger partial charge in [-0.3, -0.25) is 9.59 Å². The second-order valence-corrected chi connectivity index (χ2v) is 4.27. The van der Waals surface area contributed by atoms with E-state index in [4.69, 9.17) is 21.1 Å². The fourth-order valence-electron chi connectivity index (χ4n) is 1.49. The number of carbonyl (C=O) groups excluding carboxylic acids is 2. The third-order valence-corrected chi connectivity index (χ3v) is 2.80. The lowest BCUT2D eigenvalue weighted by Crippen LogP contribution is -2.11. The number of hydrogen-bond donors (Lipinski definition) is 0. The van der Waals surface area contributed by atoms with Gasteiger partial charge >= 0.3 is 11.9 Å². The summed E-state index contributed by atoms with van der Waals surface area (Å²) >= 11 is 5.98. The number of benzene rings is 1. The van der Waals surface area contributed by atoms with Crippen LogP contribution in [-0.2, 0) is 25.5 Å². The molecule has 0 heterocycles. The van der Waals surface area contributed by atoms with Gasteiger partial charge in [0.05, 0.1) is 26.1 Å². The van der Waals surface area contributed by atoms with Gasteiger partial charge in [-0.1, -0.05) is 29.8 Å². The summed E-state index contributed by atoms with van der Waals surface area (Å²) in [6, 6.07) is 7.40. The highest BCUT2D eigenvalue weighted by Gasteiger charge is 2.08. The first-order valence-corrected chi connectivity index (χ1v) is 6.56. The van der Waals surface area contributed by atoms with Crippen LogP contribution in [0, 0.1) is 0 Å². The average Bonchev–Trinajstić information content (AvgIpc) is 2.39. The molecule has 5 heteroatoms. The molecule has 1 aromatic carbocycles. The highest BCUT2D eigenvalue weighted by molar-refractivity contribution is 6.31. The molecule has 1 rings (SSSR count). The number of esters is 2. The Kier molecular flexibility index (Phi) is 6.97. The molecule has 0 aromatic heterocycles. The van der Waals surface area contributed by atoms with Gasteiger partial charge in [-0.2, -0.15) is 0 Å². The minimum atomic E-state index is -0.403. The Morgan fingerprint density at radius 3 is 2.37 bits per heavy atom. The molecule has 0 saturated carbocycles. The lowest BCUT2D eigenvalue weighted by molar-refractivity contribution is -0.150. The zero-order valence-electron chi connectivity index (χ0n) is 10.9. The van der Waals surface area contributed by atoms with Gasteiger partial charge in [0.2, 0.25) is 0 Å². The van der Waals surface area contributed by atoms with Crippen LogP contribution in [0.5, 0.6) is 0 Å². The lowest BCUT2D eigenvalue weighted by atomic mass is 10.2. The van der Waals surface area contributed by atoms with Gasteiger partial charge in [-0.05, 0) is 18.6 Å². The van der Waals surface area contributed by atoms with Crippen LogP contribution in [0.15, 0.2) is 24.3 Å². The van der Waals surface area contributed by atoms with Crippen LogP contribution in [0.1, 0.15) is 25.3 Å². The van der Waals surface area contributed by atoms with E-state index in [0.29, 0.717) is 18.1 Å². The topological polar surface area (TPSA) is 52.6 Å². The van der Waals surface area contributed by atoms with Crippen LogP contribution in [0.4, 0.5) is 0 Å². The van der Waals surface area contributed by atoms with E-state index in [-0.39, 0.29) is 25.4 Å². The fourth-order valence-corrected chi connectivity index (χ4v) is 1.72. The molecule has 0 bridgehead atoms. The van der Waals surface area contributed by atoms with Gasteiger partial charge in [0.25, 0.3) is 0 Å². The number of ether oxygens (including phenoxy) is 2. The average molecular weight is 285 g/mol. The molecule has 4 nitrogen and oxygen atoms in total. The molecule has 0 aliphatic rings. The van der Waals surface area contributed by atoms with E-state index in [1.807, 2.05) is 18.2 Å². The highest BCUT2D eigenvalue weighted by Crippen LogP contribution is 2.15. The Balaban J connectivity index is 2.21. The van der Waals surface area contributed by atoms with E-state index in [1.54, 1.807) is 13.0 Å². The molecule has 0 aliphatic carbocycles. The summed E-state index contributed by atoms with van der Waals surface area (Å²) in [6.45, 7) is 2.30. The van der Waals surface area contributed by atoms with Crippen LogP contribution in [0.2, 0.25) is 5.02 Å². The first kappa shape index (κ1) is 15.5. The maximum Gasteiger partial charge on any atom is 0.306 e. The van der Waals surface area contributed by atoms with E-state index in [9.17, 15) is 9.59 Å². The summed E-state index contributed by atoms with van der Waals surface area (Å²) in [5.74, 6) is -0.786. The number of hydrogen-bond acceptors (Lipinski definition) is 4. The van der Waals surface area contributed by atoms with Crippen molar-refractivity contribution in [3.8, 4) is 0 Å². The first-order valence-electron chi connectivity index (χ1n) is 6.18. The molecule has 19 heavy (non-hydrogen) atoms.